The Hall–Kier alpha value is -1.30. The lowest BCUT2D eigenvalue weighted by Gasteiger charge is -2.24. The van der Waals surface area contributed by atoms with Gasteiger partial charge in [0.15, 0.2) is 5.96 Å². The topological polar surface area (TPSA) is 46.1 Å². The van der Waals surface area contributed by atoms with Crippen LogP contribution in [0.2, 0.25) is 5.02 Å². The molecule has 3 aliphatic heterocycles. The van der Waals surface area contributed by atoms with Crippen molar-refractivity contribution in [2.45, 2.75) is 38.1 Å². The van der Waals surface area contributed by atoms with E-state index in [0.29, 0.717) is 30.6 Å². The molecule has 1 aromatic carbocycles. The Morgan fingerprint density at radius 3 is 2.50 bits per heavy atom. The van der Waals surface area contributed by atoms with Gasteiger partial charge in [0.2, 0.25) is 0 Å². The number of hydrogen-bond donors (Lipinski definition) is 1. The molecule has 3 saturated heterocycles. The first-order valence-electron chi connectivity index (χ1n) is 9.66. The average Bonchev–Trinajstić information content (AvgIpc) is 3.35. The summed E-state index contributed by atoms with van der Waals surface area (Å²) in [6.07, 6.45) is 3.34. The zero-order valence-corrected chi connectivity index (χ0v) is 16.3. The first-order valence-corrected chi connectivity index (χ1v) is 10.0. The number of nitrogens with zero attached hydrogens (tertiary/aromatic N) is 2. The number of fused-ring (bicyclic) bond motifs is 5. The van der Waals surface area contributed by atoms with E-state index in [0.717, 1.165) is 36.2 Å². The van der Waals surface area contributed by atoms with Crippen LogP contribution < -0.4 is 5.32 Å². The van der Waals surface area contributed by atoms with E-state index >= 15 is 0 Å². The van der Waals surface area contributed by atoms with Crippen molar-refractivity contribution in [1.82, 2.24) is 10.2 Å². The van der Waals surface area contributed by atoms with Crippen LogP contribution in [0.25, 0.3) is 0 Å². The number of rotatable bonds is 5. The summed E-state index contributed by atoms with van der Waals surface area (Å²) in [5.74, 6) is 2.34. The summed E-state index contributed by atoms with van der Waals surface area (Å²) < 4.78 is 11.8. The summed E-state index contributed by atoms with van der Waals surface area (Å²) in [6, 6.07) is 7.81. The van der Waals surface area contributed by atoms with Gasteiger partial charge in [-0.3, -0.25) is 4.99 Å². The van der Waals surface area contributed by atoms with Crippen LogP contribution >= 0.6 is 11.6 Å². The van der Waals surface area contributed by atoms with Crippen LogP contribution in [0.5, 0.6) is 0 Å². The maximum atomic E-state index is 6.09. The van der Waals surface area contributed by atoms with Gasteiger partial charge in [0.05, 0.1) is 18.8 Å². The standard InChI is InChI=1S/C20H28ClN3O2/c1-3-22-20(23-10-19(25-2)13-4-6-14(21)7-5-13)24-11-15-16(12-24)18-9-8-17(15)26-18/h4-7,15-19H,3,8-12H2,1-2H3,(H,22,23). The number of halogens is 1. The molecule has 142 valence electrons. The van der Waals surface area contributed by atoms with Gasteiger partial charge in [-0.1, -0.05) is 23.7 Å². The molecule has 2 bridgehead atoms. The number of likely N-dealkylation sites (tertiary alicyclic amines) is 1. The van der Waals surface area contributed by atoms with E-state index in [9.17, 15) is 0 Å². The second kappa shape index (κ2) is 7.75. The van der Waals surface area contributed by atoms with Gasteiger partial charge in [-0.2, -0.15) is 0 Å². The Kier molecular flexibility index (Phi) is 5.39. The summed E-state index contributed by atoms with van der Waals surface area (Å²) in [7, 11) is 1.73. The van der Waals surface area contributed by atoms with Crippen molar-refractivity contribution in [3.63, 3.8) is 0 Å². The lowest BCUT2D eigenvalue weighted by Crippen LogP contribution is -2.41. The Morgan fingerprint density at radius 1 is 1.27 bits per heavy atom. The van der Waals surface area contributed by atoms with Gasteiger partial charge in [-0.25, -0.2) is 0 Å². The van der Waals surface area contributed by atoms with Crippen molar-refractivity contribution in [3.8, 4) is 0 Å². The van der Waals surface area contributed by atoms with Crippen LogP contribution in [0.1, 0.15) is 31.4 Å². The second-order valence-corrected chi connectivity index (χ2v) is 7.93. The van der Waals surface area contributed by atoms with Gasteiger partial charge < -0.3 is 19.7 Å². The molecule has 3 fully saturated rings. The number of benzene rings is 1. The van der Waals surface area contributed by atoms with Gasteiger partial charge in [-0.15, -0.1) is 0 Å². The minimum Gasteiger partial charge on any atom is -0.375 e. The minimum absolute atomic E-state index is 0.0671. The third-order valence-corrected chi connectivity index (χ3v) is 6.27. The monoisotopic (exact) mass is 377 g/mol. The first-order chi connectivity index (χ1) is 12.7. The molecule has 26 heavy (non-hydrogen) atoms. The van der Waals surface area contributed by atoms with Gasteiger partial charge in [0, 0.05) is 43.6 Å². The normalized spacial score (nSPS) is 31.3. The predicted molar refractivity (Wildman–Crippen MR) is 104 cm³/mol. The highest BCUT2D eigenvalue weighted by atomic mass is 35.5. The molecule has 0 radical (unpaired) electrons. The van der Waals surface area contributed by atoms with Crippen molar-refractivity contribution >= 4 is 17.6 Å². The highest BCUT2D eigenvalue weighted by Gasteiger charge is 2.53. The highest BCUT2D eigenvalue weighted by molar-refractivity contribution is 6.30. The number of aliphatic imine (C=N–C) groups is 1. The molecule has 0 aliphatic carbocycles. The molecular weight excluding hydrogens is 350 g/mol. The summed E-state index contributed by atoms with van der Waals surface area (Å²) in [5, 5.41) is 4.20. The lowest BCUT2D eigenvalue weighted by molar-refractivity contribution is 0.0765. The van der Waals surface area contributed by atoms with Crippen LogP contribution in [-0.4, -0.2) is 56.4 Å². The molecule has 1 aromatic rings. The van der Waals surface area contributed by atoms with Gasteiger partial charge in [-0.05, 0) is 37.5 Å². The zero-order chi connectivity index (χ0) is 18.1. The van der Waals surface area contributed by atoms with E-state index in [1.165, 1.54) is 12.8 Å². The molecular formula is C20H28ClN3O2. The lowest BCUT2D eigenvalue weighted by atomic mass is 9.82. The van der Waals surface area contributed by atoms with Gasteiger partial charge in [0.25, 0.3) is 0 Å². The van der Waals surface area contributed by atoms with Crippen LogP contribution in [0, 0.1) is 11.8 Å². The molecule has 6 heteroatoms. The number of nitrogens with one attached hydrogen (secondary N) is 1. The molecule has 0 saturated carbocycles. The molecule has 5 atom stereocenters. The number of hydrogen-bond acceptors (Lipinski definition) is 3. The second-order valence-electron chi connectivity index (χ2n) is 7.49. The number of guanidine groups is 1. The fourth-order valence-electron chi connectivity index (χ4n) is 4.72. The third-order valence-electron chi connectivity index (χ3n) is 6.02. The van der Waals surface area contributed by atoms with Crippen molar-refractivity contribution in [2.75, 3.05) is 33.3 Å². The highest BCUT2D eigenvalue weighted by Crippen LogP contribution is 2.47. The van der Waals surface area contributed by atoms with Crippen LogP contribution in [0.15, 0.2) is 29.3 Å². The van der Waals surface area contributed by atoms with Crippen LogP contribution in [0.4, 0.5) is 0 Å². The molecule has 4 rings (SSSR count). The number of ether oxygens (including phenoxy) is 2. The molecule has 5 nitrogen and oxygen atoms in total. The van der Waals surface area contributed by atoms with Crippen LogP contribution in [0.3, 0.4) is 0 Å². The molecule has 3 aliphatic rings. The maximum Gasteiger partial charge on any atom is 0.194 e. The maximum absolute atomic E-state index is 6.09. The van der Waals surface area contributed by atoms with E-state index in [4.69, 9.17) is 26.1 Å². The fraction of sp³-hybridized carbons (Fsp3) is 0.650. The Bertz CT molecular complexity index is 633. The molecule has 0 aromatic heterocycles. The largest absolute Gasteiger partial charge is 0.375 e. The molecule has 0 amide bonds. The fourth-order valence-corrected chi connectivity index (χ4v) is 4.85. The quantitative estimate of drug-likeness (QED) is 0.632. The summed E-state index contributed by atoms with van der Waals surface area (Å²) >= 11 is 5.99. The van der Waals surface area contributed by atoms with E-state index in [2.05, 4.69) is 17.1 Å². The van der Waals surface area contributed by atoms with Crippen LogP contribution in [-0.2, 0) is 9.47 Å². The SMILES string of the molecule is CCNC(=NCC(OC)c1ccc(Cl)cc1)N1CC2C3CCC(O3)C2C1. The van der Waals surface area contributed by atoms with Crippen molar-refractivity contribution in [1.29, 1.82) is 0 Å². The Balaban J connectivity index is 1.45. The summed E-state index contributed by atoms with van der Waals surface area (Å²) in [5.41, 5.74) is 1.10. The Morgan fingerprint density at radius 2 is 1.92 bits per heavy atom. The van der Waals surface area contributed by atoms with Crippen molar-refractivity contribution in [2.24, 2.45) is 16.8 Å². The van der Waals surface area contributed by atoms with Crippen molar-refractivity contribution in [3.05, 3.63) is 34.9 Å². The first kappa shape index (κ1) is 18.1. The smallest absolute Gasteiger partial charge is 0.194 e. The van der Waals surface area contributed by atoms with Gasteiger partial charge in [0.1, 0.15) is 6.10 Å². The minimum atomic E-state index is -0.0671. The Labute approximate surface area is 160 Å². The molecule has 0 spiro atoms. The zero-order valence-electron chi connectivity index (χ0n) is 15.5. The number of methoxy groups -OCH3 is 1. The molecule has 5 unspecified atom stereocenters. The predicted octanol–water partition coefficient (Wildman–Crippen LogP) is 3.10. The van der Waals surface area contributed by atoms with E-state index in [1.807, 2.05) is 24.3 Å². The molecule has 1 N–H and O–H groups in total. The summed E-state index contributed by atoms with van der Waals surface area (Å²) in [4.78, 5) is 7.31. The third kappa shape index (κ3) is 3.45. The van der Waals surface area contributed by atoms with Gasteiger partial charge >= 0.3 is 0 Å². The average molecular weight is 378 g/mol. The summed E-state index contributed by atoms with van der Waals surface area (Å²) in [6.45, 7) is 5.68. The van der Waals surface area contributed by atoms with E-state index < -0.39 is 0 Å². The van der Waals surface area contributed by atoms with Crippen molar-refractivity contribution < 1.29 is 9.47 Å². The van der Waals surface area contributed by atoms with E-state index in [-0.39, 0.29) is 6.10 Å². The van der Waals surface area contributed by atoms with E-state index in [1.54, 1.807) is 7.11 Å². The molecule has 3 heterocycles.